The maximum absolute atomic E-state index is 13.3. The molecule has 0 saturated heterocycles. The number of thioether (sulfide) groups is 1. The van der Waals surface area contributed by atoms with Gasteiger partial charge in [-0.3, -0.25) is 9.36 Å². The number of carbonyl (C=O) groups is 1. The molecule has 0 fully saturated rings. The van der Waals surface area contributed by atoms with E-state index in [4.69, 9.17) is 0 Å². The van der Waals surface area contributed by atoms with Crippen molar-refractivity contribution in [1.29, 1.82) is 0 Å². The quantitative estimate of drug-likeness (QED) is 0.461. The maximum atomic E-state index is 13.3. The van der Waals surface area contributed by atoms with Gasteiger partial charge in [-0.15, -0.1) is 21.5 Å². The van der Waals surface area contributed by atoms with E-state index < -0.39 is 5.82 Å². The van der Waals surface area contributed by atoms with Gasteiger partial charge in [0.2, 0.25) is 5.91 Å². The summed E-state index contributed by atoms with van der Waals surface area (Å²) >= 11 is 2.86. The van der Waals surface area contributed by atoms with Crippen LogP contribution < -0.4 is 5.32 Å². The predicted molar refractivity (Wildman–Crippen MR) is 110 cm³/mol. The van der Waals surface area contributed by atoms with Gasteiger partial charge in [-0.2, -0.15) is 0 Å². The molecule has 2 aromatic carbocycles. The highest BCUT2D eigenvalue weighted by atomic mass is 32.2. The number of benzene rings is 2. The zero-order chi connectivity index (χ0) is 19.3. The number of para-hydroxylation sites is 1. The molecule has 0 atom stereocenters. The molecule has 1 N–H and O–H groups in total. The number of anilines is 1. The van der Waals surface area contributed by atoms with E-state index in [2.05, 4.69) is 15.5 Å². The van der Waals surface area contributed by atoms with E-state index in [-0.39, 0.29) is 11.7 Å². The molecule has 0 unspecified atom stereocenters. The van der Waals surface area contributed by atoms with Crippen LogP contribution in [-0.4, -0.2) is 26.4 Å². The maximum Gasteiger partial charge on any atom is 0.234 e. The fourth-order valence-electron chi connectivity index (χ4n) is 2.63. The van der Waals surface area contributed by atoms with Crippen LogP contribution in [0, 0.1) is 5.82 Å². The average Bonchev–Trinajstić information content (AvgIpc) is 3.36. The monoisotopic (exact) mass is 410 g/mol. The highest BCUT2D eigenvalue weighted by Gasteiger charge is 2.17. The summed E-state index contributed by atoms with van der Waals surface area (Å²) < 4.78 is 15.2. The number of halogens is 1. The first-order valence-corrected chi connectivity index (χ1v) is 10.3. The number of amides is 1. The van der Waals surface area contributed by atoms with E-state index in [1.54, 1.807) is 23.5 Å². The van der Waals surface area contributed by atoms with Crippen molar-refractivity contribution in [3.63, 3.8) is 0 Å². The third kappa shape index (κ3) is 4.13. The zero-order valence-corrected chi connectivity index (χ0v) is 16.2. The standard InChI is InChI=1S/C20H15FN4OS2/c21-14-6-4-7-15(12-14)22-18(26)13-28-20-24-23-19(17-10-5-11-27-17)25(20)16-8-2-1-3-9-16/h1-12H,13H2,(H,22,26). The fraction of sp³-hybridized carbons (Fsp3) is 0.0500. The third-order valence-electron chi connectivity index (χ3n) is 3.83. The van der Waals surface area contributed by atoms with Gasteiger partial charge < -0.3 is 5.32 Å². The molecule has 5 nitrogen and oxygen atoms in total. The number of rotatable bonds is 6. The van der Waals surface area contributed by atoms with Crippen molar-refractivity contribution in [2.45, 2.75) is 5.16 Å². The largest absolute Gasteiger partial charge is 0.325 e. The average molecular weight is 410 g/mol. The molecule has 0 radical (unpaired) electrons. The van der Waals surface area contributed by atoms with E-state index in [1.807, 2.05) is 52.4 Å². The molecule has 8 heteroatoms. The molecule has 2 heterocycles. The molecule has 2 aromatic heterocycles. The van der Waals surface area contributed by atoms with Crippen LogP contribution in [0.1, 0.15) is 0 Å². The molecule has 0 bridgehead atoms. The van der Waals surface area contributed by atoms with Gasteiger partial charge in [-0.05, 0) is 41.8 Å². The van der Waals surface area contributed by atoms with Crippen LogP contribution >= 0.6 is 23.1 Å². The molecular formula is C20H15FN4OS2. The highest BCUT2D eigenvalue weighted by molar-refractivity contribution is 7.99. The second-order valence-electron chi connectivity index (χ2n) is 5.80. The summed E-state index contributed by atoms with van der Waals surface area (Å²) in [6.45, 7) is 0. The molecular weight excluding hydrogens is 395 g/mol. The Kier molecular flexibility index (Phi) is 5.50. The van der Waals surface area contributed by atoms with Crippen molar-refractivity contribution in [2.75, 3.05) is 11.1 Å². The minimum absolute atomic E-state index is 0.131. The summed E-state index contributed by atoms with van der Waals surface area (Å²) in [5.74, 6) is 0.228. The van der Waals surface area contributed by atoms with Crippen molar-refractivity contribution in [1.82, 2.24) is 14.8 Å². The number of hydrogen-bond acceptors (Lipinski definition) is 5. The molecule has 0 spiro atoms. The molecule has 4 aromatic rings. The first kappa shape index (κ1) is 18.4. The summed E-state index contributed by atoms with van der Waals surface area (Å²) in [6, 6.07) is 19.5. The zero-order valence-electron chi connectivity index (χ0n) is 14.6. The number of aromatic nitrogens is 3. The second-order valence-corrected chi connectivity index (χ2v) is 7.69. The lowest BCUT2D eigenvalue weighted by molar-refractivity contribution is -0.113. The van der Waals surface area contributed by atoms with Crippen molar-refractivity contribution in [2.24, 2.45) is 0 Å². The van der Waals surface area contributed by atoms with E-state index >= 15 is 0 Å². The van der Waals surface area contributed by atoms with Gasteiger partial charge in [0.05, 0.1) is 10.6 Å². The fourth-order valence-corrected chi connectivity index (χ4v) is 4.08. The van der Waals surface area contributed by atoms with Crippen LogP contribution in [0.2, 0.25) is 0 Å². The molecule has 140 valence electrons. The van der Waals surface area contributed by atoms with Crippen LogP contribution in [0.25, 0.3) is 16.4 Å². The van der Waals surface area contributed by atoms with Crippen LogP contribution in [0.5, 0.6) is 0 Å². The van der Waals surface area contributed by atoms with Crippen molar-refractivity contribution in [3.8, 4) is 16.4 Å². The Morgan fingerprint density at radius 1 is 1.07 bits per heavy atom. The van der Waals surface area contributed by atoms with Gasteiger partial charge in [0.1, 0.15) is 5.82 Å². The van der Waals surface area contributed by atoms with E-state index in [0.29, 0.717) is 10.8 Å². The summed E-state index contributed by atoms with van der Waals surface area (Å²) in [7, 11) is 0. The van der Waals surface area contributed by atoms with E-state index in [9.17, 15) is 9.18 Å². The summed E-state index contributed by atoms with van der Waals surface area (Å²) in [5, 5.41) is 13.9. The van der Waals surface area contributed by atoms with Crippen LogP contribution in [0.15, 0.2) is 77.3 Å². The minimum Gasteiger partial charge on any atom is -0.325 e. The van der Waals surface area contributed by atoms with Crippen LogP contribution in [0.4, 0.5) is 10.1 Å². The van der Waals surface area contributed by atoms with Gasteiger partial charge in [-0.25, -0.2) is 4.39 Å². The molecule has 0 saturated carbocycles. The number of nitrogens with one attached hydrogen (secondary N) is 1. The van der Waals surface area contributed by atoms with Crippen molar-refractivity contribution in [3.05, 3.63) is 77.9 Å². The Balaban J connectivity index is 1.55. The number of hydrogen-bond donors (Lipinski definition) is 1. The number of nitrogens with zero attached hydrogens (tertiary/aromatic N) is 3. The van der Waals surface area contributed by atoms with Gasteiger partial charge in [-0.1, -0.05) is 42.1 Å². The van der Waals surface area contributed by atoms with Crippen LogP contribution in [-0.2, 0) is 4.79 Å². The third-order valence-corrected chi connectivity index (χ3v) is 5.62. The van der Waals surface area contributed by atoms with Gasteiger partial charge in [0, 0.05) is 11.4 Å². The van der Waals surface area contributed by atoms with Crippen molar-refractivity contribution >= 4 is 34.7 Å². The lowest BCUT2D eigenvalue weighted by Gasteiger charge is -2.09. The Morgan fingerprint density at radius 2 is 1.93 bits per heavy atom. The van der Waals surface area contributed by atoms with Gasteiger partial charge in [0.25, 0.3) is 0 Å². The second kappa shape index (κ2) is 8.37. The molecule has 28 heavy (non-hydrogen) atoms. The predicted octanol–water partition coefficient (Wildman–Crippen LogP) is 4.87. The van der Waals surface area contributed by atoms with Gasteiger partial charge >= 0.3 is 0 Å². The first-order chi connectivity index (χ1) is 13.7. The Labute approximate surface area is 169 Å². The molecule has 0 aliphatic rings. The summed E-state index contributed by atoms with van der Waals surface area (Å²) in [6.07, 6.45) is 0. The van der Waals surface area contributed by atoms with Crippen LogP contribution in [0.3, 0.4) is 0 Å². The first-order valence-electron chi connectivity index (χ1n) is 8.43. The number of carbonyl (C=O) groups excluding carboxylic acids is 1. The normalized spacial score (nSPS) is 10.8. The molecule has 0 aliphatic heterocycles. The van der Waals surface area contributed by atoms with E-state index in [1.165, 1.54) is 23.9 Å². The van der Waals surface area contributed by atoms with Gasteiger partial charge in [0.15, 0.2) is 11.0 Å². The molecule has 4 rings (SSSR count). The van der Waals surface area contributed by atoms with E-state index in [0.717, 1.165) is 16.4 Å². The number of thiophene rings is 1. The minimum atomic E-state index is -0.394. The van der Waals surface area contributed by atoms with Crippen molar-refractivity contribution < 1.29 is 9.18 Å². The topological polar surface area (TPSA) is 59.8 Å². The lowest BCUT2D eigenvalue weighted by Crippen LogP contribution is -2.14. The Bertz CT molecular complexity index is 1080. The lowest BCUT2D eigenvalue weighted by atomic mass is 10.3. The molecule has 1 amide bonds. The molecule has 0 aliphatic carbocycles. The highest BCUT2D eigenvalue weighted by Crippen LogP contribution is 2.30. The smallest absolute Gasteiger partial charge is 0.234 e. The summed E-state index contributed by atoms with van der Waals surface area (Å²) in [4.78, 5) is 13.3. The Morgan fingerprint density at radius 3 is 2.68 bits per heavy atom. The Hall–Kier alpha value is -2.97. The summed E-state index contributed by atoms with van der Waals surface area (Å²) in [5.41, 5.74) is 1.35. The SMILES string of the molecule is O=C(CSc1nnc(-c2cccs2)n1-c1ccccc1)Nc1cccc(F)c1.